The Morgan fingerprint density at radius 3 is 2.54 bits per heavy atom. The summed E-state index contributed by atoms with van der Waals surface area (Å²) in [4.78, 5) is 12.2. The summed E-state index contributed by atoms with van der Waals surface area (Å²) < 4.78 is 31.5. The number of hydrogen-bond donors (Lipinski definition) is 0. The molecule has 0 bridgehead atoms. The van der Waals surface area contributed by atoms with Crippen LogP contribution in [-0.2, 0) is 23.7 Å². The predicted molar refractivity (Wildman–Crippen MR) is 135 cm³/mol. The predicted octanol–water partition coefficient (Wildman–Crippen LogP) is 5.42. The van der Waals surface area contributed by atoms with Gasteiger partial charge in [0.2, 0.25) is 0 Å². The standard InChI is InChI=1S/C28H30O6S/c1-4-35-28-26(31-18(3)29)25(33-23-17(2)14-15-19-10-8-9-13-21(19)23)24-22(32-28)16-30-27(34-24)20-11-6-5-7-12-20/h5-15,22,24-28H,4,16H2,1-3H3/t22-,24-,25+,26-,27?,28+/m1/s1. The normalized spacial score (nSPS) is 28.3. The highest BCUT2D eigenvalue weighted by Crippen LogP contribution is 2.41. The van der Waals surface area contributed by atoms with E-state index in [0.29, 0.717) is 6.61 Å². The third kappa shape index (κ3) is 5.05. The highest BCUT2D eigenvalue weighted by Gasteiger charge is 2.53. The number of esters is 1. The molecule has 5 rings (SSSR count). The van der Waals surface area contributed by atoms with Crippen molar-refractivity contribution < 1.29 is 28.5 Å². The van der Waals surface area contributed by atoms with Crippen LogP contribution in [0.25, 0.3) is 10.8 Å². The lowest BCUT2D eigenvalue weighted by atomic mass is 9.97. The number of hydrogen-bond acceptors (Lipinski definition) is 7. The Balaban J connectivity index is 1.55. The van der Waals surface area contributed by atoms with Gasteiger partial charge in [-0.15, -0.1) is 11.8 Å². The second-order valence-electron chi connectivity index (χ2n) is 8.76. The zero-order chi connectivity index (χ0) is 24.4. The van der Waals surface area contributed by atoms with Crippen LogP contribution in [-0.4, -0.2) is 48.2 Å². The Hall–Kier alpha value is -2.58. The number of carbonyl (C=O) groups excluding carboxylic acids is 1. The lowest BCUT2D eigenvalue weighted by Crippen LogP contribution is -2.63. The topological polar surface area (TPSA) is 63.2 Å². The van der Waals surface area contributed by atoms with Crippen molar-refractivity contribution in [2.75, 3.05) is 12.4 Å². The van der Waals surface area contributed by atoms with E-state index in [1.165, 1.54) is 6.92 Å². The average molecular weight is 495 g/mol. The fourth-order valence-corrected chi connectivity index (χ4v) is 5.67. The number of carbonyl (C=O) groups is 1. The third-order valence-corrected chi connectivity index (χ3v) is 7.36. The number of aryl methyl sites for hydroxylation is 1. The summed E-state index contributed by atoms with van der Waals surface area (Å²) in [5.41, 5.74) is 1.52. The third-order valence-electron chi connectivity index (χ3n) is 6.32. The first-order chi connectivity index (χ1) is 17.0. The molecule has 35 heavy (non-hydrogen) atoms. The van der Waals surface area contributed by atoms with Crippen LogP contribution >= 0.6 is 11.8 Å². The van der Waals surface area contributed by atoms with Crippen molar-refractivity contribution in [3.05, 3.63) is 77.9 Å². The van der Waals surface area contributed by atoms with E-state index in [9.17, 15) is 4.79 Å². The molecular weight excluding hydrogens is 464 g/mol. The van der Waals surface area contributed by atoms with E-state index < -0.39 is 30.0 Å². The average Bonchev–Trinajstić information content (AvgIpc) is 2.87. The van der Waals surface area contributed by atoms with Gasteiger partial charge >= 0.3 is 5.97 Å². The van der Waals surface area contributed by atoms with Gasteiger partial charge < -0.3 is 23.7 Å². The summed E-state index contributed by atoms with van der Waals surface area (Å²) >= 11 is 1.59. The molecule has 6 nitrogen and oxygen atoms in total. The van der Waals surface area contributed by atoms with Gasteiger partial charge in [-0.3, -0.25) is 4.79 Å². The lowest BCUT2D eigenvalue weighted by molar-refractivity contribution is -0.315. The fraction of sp³-hybridized carbons (Fsp3) is 0.393. The van der Waals surface area contributed by atoms with Gasteiger partial charge in [0.05, 0.1) is 6.61 Å². The molecule has 0 aliphatic carbocycles. The molecule has 3 aromatic rings. The minimum Gasteiger partial charge on any atom is -0.483 e. The van der Waals surface area contributed by atoms with Crippen LogP contribution in [0, 0.1) is 6.92 Å². The Kier molecular flexibility index (Phi) is 7.29. The van der Waals surface area contributed by atoms with Gasteiger partial charge in [-0.1, -0.05) is 73.7 Å². The van der Waals surface area contributed by atoms with E-state index in [1.807, 2.05) is 61.5 Å². The monoisotopic (exact) mass is 494 g/mol. The Bertz CT molecular complexity index is 1170. The van der Waals surface area contributed by atoms with Gasteiger partial charge in [0.1, 0.15) is 23.4 Å². The fourth-order valence-electron chi connectivity index (χ4n) is 4.72. The van der Waals surface area contributed by atoms with Crippen LogP contribution in [0.15, 0.2) is 66.7 Å². The first-order valence-corrected chi connectivity index (χ1v) is 13.0. The summed E-state index contributed by atoms with van der Waals surface area (Å²) in [6.07, 6.45) is -2.64. The number of benzene rings is 3. The quantitative estimate of drug-likeness (QED) is 0.424. The van der Waals surface area contributed by atoms with Gasteiger partial charge in [0.15, 0.2) is 18.5 Å². The smallest absolute Gasteiger partial charge is 0.303 e. The first-order valence-electron chi connectivity index (χ1n) is 12.0. The number of rotatable bonds is 6. The molecule has 0 N–H and O–H groups in total. The maximum atomic E-state index is 12.2. The molecule has 3 aromatic carbocycles. The molecule has 1 unspecified atom stereocenters. The Morgan fingerprint density at radius 1 is 1.00 bits per heavy atom. The molecule has 0 aromatic heterocycles. The Morgan fingerprint density at radius 2 is 1.77 bits per heavy atom. The molecule has 184 valence electrons. The largest absolute Gasteiger partial charge is 0.483 e. The van der Waals surface area contributed by atoms with Crippen LogP contribution in [0.2, 0.25) is 0 Å². The zero-order valence-electron chi connectivity index (χ0n) is 20.1. The van der Waals surface area contributed by atoms with Crippen LogP contribution in [0.4, 0.5) is 0 Å². The van der Waals surface area contributed by atoms with Crippen molar-refractivity contribution in [1.29, 1.82) is 0 Å². The second kappa shape index (κ2) is 10.6. The second-order valence-corrected chi connectivity index (χ2v) is 10.1. The maximum Gasteiger partial charge on any atom is 0.303 e. The summed E-state index contributed by atoms with van der Waals surface area (Å²) in [6, 6.07) is 22.0. The molecule has 0 radical (unpaired) electrons. The van der Waals surface area contributed by atoms with E-state index in [4.69, 9.17) is 23.7 Å². The molecule has 0 spiro atoms. The minimum absolute atomic E-state index is 0.353. The van der Waals surface area contributed by atoms with Gasteiger partial charge in [-0.05, 0) is 23.6 Å². The molecule has 2 aliphatic rings. The van der Waals surface area contributed by atoms with E-state index in [-0.39, 0.29) is 12.1 Å². The molecule has 0 saturated carbocycles. The van der Waals surface area contributed by atoms with Gasteiger partial charge in [0, 0.05) is 17.9 Å². The summed E-state index contributed by atoms with van der Waals surface area (Å²) in [7, 11) is 0. The molecule has 7 heteroatoms. The lowest BCUT2D eigenvalue weighted by Gasteiger charge is -2.48. The van der Waals surface area contributed by atoms with Gasteiger partial charge in [-0.2, -0.15) is 0 Å². The molecule has 2 fully saturated rings. The SMILES string of the molecule is CCS[C@@H]1O[C@@H]2COC(c3ccccc3)O[C@H]2[C@H](Oc2c(C)ccc3ccccc23)[C@H]1OC(C)=O. The van der Waals surface area contributed by atoms with Crippen molar-refractivity contribution in [3.63, 3.8) is 0 Å². The molecule has 0 amide bonds. The van der Waals surface area contributed by atoms with Crippen molar-refractivity contribution >= 4 is 28.5 Å². The summed E-state index contributed by atoms with van der Waals surface area (Å²) in [5.74, 6) is 1.18. The van der Waals surface area contributed by atoms with Gasteiger partial charge in [0.25, 0.3) is 0 Å². The molecule has 6 atom stereocenters. The van der Waals surface area contributed by atoms with E-state index in [2.05, 4.69) is 19.1 Å². The van der Waals surface area contributed by atoms with Crippen LogP contribution < -0.4 is 4.74 Å². The minimum atomic E-state index is -0.647. The molecule has 2 aliphatic heterocycles. The molecule has 2 saturated heterocycles. The van der Waals surface area contributed by atoms with E-state index in [1.54, 1.807) is 11.8 Å². The Labute approximate surface area is 209 Å². The first kappa shape index (κ1) is 24.1. The van der Waals surface area contributed by atoms with Crippen molar-refractivity contribution in [1.82, 2.24) is 0 Å². The van der Waals surface area contributed by atoms with Crippen molar-refractivity contribution in [3.8, 4) is 5.75 Å². The van der Waals surface area contributed by atoms with E-state index >= 15 is 0 Å². The highest BCUT2D eigenvalue weighted by molar-refractivity contribution is 7.99. The number of thioether (sulfide) groups is 1. The molecular formula is C28H30O6S. The van der Waals surface area contributed by atoms with Crippen molar-refractivity contribution in [2.45, 2.75) is 56.9 Å². The zero-order valence-corrected chi connectivity index (χ0v) is 20.9. The summed E-state index contributed by atoms with van der Waals surface area (Å²) in [6.45, 7) is 5.84. The number of fused-ring (bicyclic) bond motifs is 2. The van der Waals surface area contributed by atoms with E-state index in [0.717, 1.165) is 33.4 Å². The van der Waals surface area contributed by atoms with Crippen LogP contribution in [0.3, 0.4) is 0 Å². The molecule has 2 heterocycles. The summed E-state index contributed by atoms with van der Waals surface area (Å²) in [5, 5.41) is 2.08. The number of ether oxygens (including phenoxy) is 5. The highest BCUT2D eigenvalue weighted by atomic mass is 32.2. The van der Waals surface area contributed by atoms with Crippen molar-refractivity contribution in [2.24, 2.45) is 0 Å². The van der Waals surface area contributed by atoms with Crippen LogP contribution in [0.1, 0.15) is 31.3 Å². The maximum absolute atomic E-state index is 12.2. The van der Waals surface area contributed by atoms with Gasteiger partial charge in [-0.25, -0.2) is 0 Å². The van der Waals surface area contributed by atoms with Crippen LogP contribution in [0.5, 0.6) is 5.75 Å².